The second kappa shape index (κ2) is 6.07. The van der Waals surface area contributed by atoms with Crippen molar-refractivity contribution >= 4 is 28.6 Å². The Morgan fingerprint density at radius 2 is 1.82 bits per heavy atom. The van der Waals surface area contributed by atoms with Gasteiger partial charge in [0.25, 0.3) is 0 Å². The first kappa shape index (κ1) is 14.4. The van der Waals surface area contributed by atoms with E-state index in [2.05, 4.69) is 9.72 Å². The molecule has 0 unspecified atom stereocenters. The van der Waals surface area contributed by atoms with Crippen molar-refractivity contribution in [2.75, 3.05) is 7.11 Å². The molecule has 0 spiro atoms. The quantitative estimate of drug-likeness (QED) is 0.753. The Morgan fingerprint density at radius 3 is 2.55 bits per heavy atom. The van der Waals surface area contributed by atoms with E-state index in [1.54, 1.807) is 17.8 Å². The maximum atomic E-state index is 12.2. The van der Waals surface area contributed by atoms with E-state index in [1.165, 1.54) is 13.2 Å². The molecule has 0 saturated heterocycles. The highest BCUT2D eigenvalue weighted by atomic mass is 32.2. The number of carbonyl (C=O) groups excluding carboxylic acids is 1. The van der Waals surface area contributed by atoms with Crippen molar-refractivity contribution in [1.29, 1.82) is 0 Å². The summed E-state index contributed by atoms with van der Waals surface area (Å²) in [6.07, 6.45) is 0. The maximum absolute atomic E-state index is 12.2. The average molecular weight is 311 g/mol. The van der Waals surface area contributed by atoms with Crippen LogP contribution in [0.5, 0.6) is 0 Å². The van der Waals surface area contributed by atoms with Crippen molar-refractivity contribution < 1.29 is 9.53 Å². The van der Waals surface area contributed by atoms with E-state index in [1.807, 2.05) is 42.5 Å². The predicted molar refractivity (Wildman–Crippen MR) is 86.5 cm³/mol. The summed E-state index contributed by atoms with van der Waals surface area (Å²) in [4.78, 5) is 28.7. The number of esters is 1. The first-order valence-corrected chi connectivity index (χ1v) is 7.47. The second-order valence-corrected chi connectivity index (χ2v) is 5.81. The summed E-state index contributed by atoms with van der Waals surface area (Å²) in [6, 6.07) is 16.7. The standard InChI is InChI=1S/C17H13NO3S/c1-21-17(20)15-10-16(19)13-9-12(7-8-14(13)18-15)22-11-5-3-2-4-6-11/h2-10H,1H3,(H,18,19). The van der Waals surface area contributed by atoms with Crippen LogP contribution in [0.25, 0.3) is 10.9 Å². The Kier molecular flexibility index (Phi) is 3.98. The molecule has 3 aromatic rings. The van der Waals surface area contributed by atoms with Crippen LogP contribution < -0.4 is 5.43 Å². The summed E-state index contributed by atoms with van der Waals surface area (Å²) in [5.41, 5.74) is 0.568. The highest BCUT2D eigenvalue weighted by Gasteiger charge is 2.10. The molecule has 0 radical (unpaired) electrons. The minimum absolute atomic E-state index is 0.156. The molecule has 5 heteroatoms. The number of carbonyl (C=O) groups is 1. The molecule has 0 aliphatic carbocycles. The van der Waals surface area contributed by atoms with Gasteiger partial charge in [0, 0.05) is 26.8 Å². The number of hydrogen-bond donors (Lipinski definition) is 1. The molecule has 110 valence electrons. The minimum atomic E-state index is -0.554. The van der Waals surface area contributed by atoms with Crippen molar-refractivity contribution in [3.8, 4) is 0 Å². The lowest BCUT2D eigenvalue weighted by Crippen LogP contribution is -2.11. The van der Waals surface area contributed by atoms with Gasteiger partial charge in [-0.15, -0.1) is 0 Å². The minimum Gasteiger partial charge on any atom is -0.464 e. The van der Waals surface area contributed by atoms with E-state index in [-0.39, 0.29) is 11.1 Å². The first-order chi connectivity index (χ1) is 10.7. The fourth-order valence-corrected chi connectivity index (χ4v) is 3.01. The number of benzene rings is 2. The zero-order valence-electron chi connectivity index (χ0n) is 11.8. The fourth-order valence-electron chi connectivity index (χ4n) is 2.13. The van der Waals surface area contributed by atoms with Crippen molar-refractivity contribution in [2.24, 2.45) is 0 Å². The number of ether oxygens (including phenoxy) is 1. The van der Waals surface area contributed by atoms with E-state index in [0.29, 0.717) is 10.9 Å². The summed E-state index contributed by atoms with van der Waals surface area (Å²) in [6.45, 7) is 0. The number of rotatable bonds is 3. The molecule has 22 heavy (non-hydrogen) atoms. The van der Waals surface area contributed by atoms with Crippen LogP contribution in [0.3, 0.4) is 0 Å². The van der Waals surface area contributed by atoms with Crippen LogP contribution in [0, 0.1) is 0 Å². The Bertz CT molecular complexity index is 887. The van der Waals surface area contributed by atoms with Gasteiger partial charge < -0.3 is 9.72 Å². The number of pyridine rings is 1. The highest BCUT2D eigenvalue weighted by molar-refractivity contribution is 7.99. The molecule has 2 aromatic carbocycles. The molecule has 3 rings (SSSR count). The van der Waals surface area contributed by atoms with Crippen molar-refractivity contribution in [3.05, 3.63) is 70.5 Å². The smallest absolute Gasteiger partial charge is 0.354 e. The first-order valence-electron chi connectivity index (χ1n) is 6.65. The fraction of sp³-hybridized carbons (Fsp3) is 0.0588. The molecule has 0 bridgehead atoms. The Hall–Kier alpha value is -2.53. The van der Waals surface area contributed by atoms with Crippen LogP contribution in [0.1, 0.15) is 10.5 Å². The molecule has 1 aromatic heterocycles. The molecule has 0 atom stereocenters. The van der Waals surface area contributed by atoms with E-state index in [4.69, 9.17) is 0 Å². The van der Waals surface area contributed by atoms with Crippen LogP contribution >= 0.6 is 11.8 Å². The average Bonchev–Trinajstić information content (AvgIpc) is 2.55. The third-order valence-electron chi connectivity index (χ3n) is 3.19. The molecule has 0 aliphatic rings. The lowest BCUT2D eigenvalue weighted by molar-refractivity contribution is 0.0594. The Morgan fingerprint density at radius 1 is 1.05 bits per heavy atom. The zero-order chi connectivity index (χ0) is 15.5. The number of methoxy groups -OCH3 is 1. The molecular weight excluding hydrogens is 298 g/mol. The van der Waals surface area contributed by atoms with Gasteiger partial charge in [-0.25, -0.2) is 4.79 Å². The van der Waals surface area contributed by atoms with E-state index >= 15 is 0 Å². The van der Waals surface area contributed by atoms with Crippen LogP contribution in [0.2, 0.25) is 0 Å². The highest BCUT2D eigenvalue weighted by Crippen LogP contribution is 2.28. The van der Waals surface area contributed by atoms with Gasteiger partial charge in [-0.2, -0.15) is 0 Å². The molecule has 0 amide bonds. The number of aromatic amines is 1. The van der Waals surface area contributed by atoms with E-state index in [0.717, 1.165) is 9.79 Å². The second-order valence-electron chi connectivity index (χ2n) is 4.66. The van der Waals surface area contributed by atoms with Crippen LogP contribution in [-0.4, -0.2) is 18.1 Å². The summed E-state index contributed by atoms with van der Waals surface area (Å²) in [7, 11) is 1.28. The molecular formula is C17H13NO3S. The van der Waals surface area contributed by atoms with Gasteiger partial charge in [-0.3, -0.25) is 4.79 Å². The van der Waals surface area contributed by atoms with Gasteiger partial charge in [-0.1, -0.05) is 30.0 Å². The van der Waals surface area contributed by atoms with Gasteiger partial charge >= 0.3 is 5.97 Å². The predicted octanol–water partition coefficient (Wildman–Crippen LogP) is 3.47. The topological polar surface area (TPSA) is 59.2 Å². The molecule has 1 heterocycles. The number of fused-ring (bicyclic) bond motifs is 1. The number of aromatic nitrogens is 1. The number of nitrogens with one attached hydrogen (secondary N) is 1. The summed E-state index contributed by atoms with van der Waals surface area (Å²) in [5.74, 6) is -0.554. The number of hydrogen-bond acceptors (Lipinski definition) is 4. The van der Waals surface area contributed by atoms with Crippen molar-refractivity contribution in [2.45, 2.75) is 9.79 Å². The maximum Gasteiger partial charge on any atom is 0.354 e. The molecule has 0 saturated carbocycles. The summed E-state index contributed by atoms with van der Waals surface area (Å²) in [5, 5.41) is 0.550. The summed E-state index contributed by atoms with van der Waals surface area (Å²) >= 11 is 1.58. The van der Waals surface area contributed by atoms with Gasteiger partial charge in [0.2, 0.25) is 0 Å². The summed E-state index contributed by atoms with van der Waals surface area (Å²) < 4.78 is 4.63. The lowest BCUT2D eigenvalue weighted by Gasteiger charge is -2.05. The van der Waals surface area contributed by atoms with Gasteiger partial charge in [0.05, 0.1) is 7.11 Å². The van der Waals surface area contributed by atoms with Crippen molar-refractivity contribution in [1.82, 2.24) is 4.98 Å². The molecule has 0 aliphatic heterocycles. The lowest BCUT2D eigenvalue weighted by atomic mass is 10.2. The van der Waals surface area contributed by atoms with Crippen LogP contribution in [0.4, 0.5) is 0 Å². The molecule has 1 N–H and O–H groups in total. The SMILES string of the molecule is COC(=O)c1cc(=O)c2cc(Sc3ccccc3)ccc2[nH]1. The molecule has 4 nitrogen and oxygen atoms in total. The monoisotopic (exact) mass is 311 g/mol. The van der Waals surface area contributed by atoms with E-state index < -0.39 is 5.97 Å². The van der Waals surface area contributed by atoms with E-state index in [9.17, 15) is 9.59 Å². The van der Waals surface area contributed by atoms with Crippen LogP contribution in [-0.2, 0) is 4.74 Å². The third-order valence-corrected chi connectivity index (χ3v) is 4.18. The largest absolute Gasteiger partial charge is 0.464 e. The number of H-pyrrole nitrogens is 1. The Balaban J connectivity index is 2.02. The third kappa shape index (κ3) is 2.89. The normalized spacial score (nSPS) is 10.6. The Labute approximate surface area is 131 Å². The molecule has 0 fully saturated rings. The van der Waals surface area contributed by atoms with Crippen LogP contribution in [0.15, 0.2) is 69.2 Å². The van der Waals surface area contributed by atoms with Gasteiger partial charge in [0.15, 0.2) is 5.43 Å². The zero-order valence-corrected chi connectivity index (χ0v) is 12.6. The van der Waals surface area contributed by atoms with Gasteiger partial charge in [-0.05, 0) is 30.3 Å². The van der Waals surface area contributed by atoms with Crippen molar-refractivity contribution in [3.63, 3.8) is 0 Å². The van der Waals surface area contributed by atoms with Gasteiger partial charge in [0.1, 0.15) is 5.69 Å².